The van der Waals surface area contributed by atoms with Crippen LogP contribution < -0.4 is 4.90 Å². The van der Waals surface area contributed by atoms with E-state index in [1.165, 1.54) is 5.56 Å². The number of hydrogen-bond acceptors (Lipinski definition) is 3. The molecule has 6 heteroatoms. The number of carbonyl (C=O) groups is 1. The van der Waals surface area contributed by atoms with Gasteiger partial charge in [-0.15, -0.1) is 0 Å². The van der Waals surface area contributed by atoms with Crippen LogP contribution in [-0.2, 0) is 4.79 Å². The molecule has 1 aliphatic rings. The molecule has 4 nitrogen and oxygen atoms in total. The monoisotopic (exact) mass is 483 g/mol. The summed E-state index contributed by atoms with van der Waals surface area (Å²) in [5.41, 5.74) is 1.35. The molecule has 1 fully saturated rings. The fraction of sp³-hybridized carbons (Fsp3) is 0.333. The van der Waals surface area contributed by atoms with Gasteiger partial charge in [-0.25, -0.2) is 4.98 Å². The van der Waals surface area contributed by atoms with Gasteiger partial charge in [0.25, 0.3) is 0 Å². The summed E-state index contributed by atoms with van der Waals surface area (Å²) >= 11 is 11.2. The molecule has 1 aliphatic heterocycles. The van der Waals surface area contributed by atoms with E-state index >= 15 is 0 Å². The number of carbonyl (C=O) groups excluding carboxylic acids is 1. The normalized spacial score (nSPS) is 16.8. The molecule has 0 radical (unpaired) electrons. The Morgan fingerprint density at radius 2 is 1.64 bits per heavy atom. The lowest BCUT2D eigenvalue weighted by Gasteiger charge is -2.33. The summed E-state index contributed by atoms with van der Waals surface area (Å²) in [5.74, 6) is 1.51. The second kappa shape index (κ2) is 12.7. The highest BCUT2D eigenvalue weighted by atomic mass is 35.5. The van der Waals surface area contributed by atoms with Crippen LogP contribution in [0.15, 0.2) is 79.0 Å². The van der Waals surface area contributed by atoms with Crippen molar-refractivity contribution < 1.29 is 4.79 Å². The molecule has 0 saturated carbocycles. The molecular weight excluding hydrogens is 453 g/mol. The van der Waals surface area contributed by atoms with E-state index in [1.54, 1.807) is 18.3 Å². The Labute approximate surface area is 207 Å². The van der Waals surface area contributed by atoms with Crippen molar-refractivity contribution in [3.8, 4) is 0 Å². The Balaban J connectivity index is 0.000000323. The first-order chi connectivity index (χ1) is 16.0. The van der Waals surface area contributed by atoms with Gasteiger partial charge in [0.15, 0.2) is 0 Å². The van der Waals surface area contributed by atoms with Gasteiger partial charge in [0, 0.05) is 25.2 Å². The molecule has 0 N–H and O–H groups in total. The van der Waals surface area contributed by atoms with E-state index in [0.717, 1.165) is 31.7 Å². The van der Waals surface area contributed by atoms with Crippen molar-refractivity contribution in [1.82, 2.24) is 9.88 Å². The average molecular weight is 484 g/mol. The van der Waals surface area contributed by atoms with Crippen LogP contribution in [0.25, 0.3) is 0 Å². The number of rotatable bonds is 6. The average Bonchev–Trinajstić information content (AvgIpc) is 2.86. The van der Waals surface area contributed by atoms with Crippen LogP contribution in [-0.4, -0.2) is 35.9 Å². The third kappa shape index (κ3) is 7.56. The SMILES string of the molecule is C[C@@H](c1ccccc1)N(C)CCC1CCC(=O)N(c2ccccn2)C1.Clc1ccccc1Cl. The van der Waals surface area contributed by atoms with Gasteiger partial charge < -0.3 is 0 Å². The third-order valence-electron chi connectivity index (χ3n) is 6.09. The lowest BCUT2D eigenvalue weighted by molar-refractivity contribution is -0.120. The number of nitrogens with zero attached hydrogens (tertiary/aromatic N) is 3. The Morgan fingerprint density at radius 3 is 2.24 bits per heavy atom. The molecule has 1 saturated heterocycles. The zero-order valence-electron chi connectivity index (χ0n) is 19.2. The van der Waals surface area contributed by atoms with Crippen molar-refractivity contribution >= 4 is 34.9 Å². The van der Waals surface area contributed by atoms with E-state index in [4.69, 9.17) is 23.2 Å². The smallest absolute Gasteiger partial charge is 0.228 e. The zero-order valence-corrected chi connectivity index (χ0v) is 20.7. The minimum absolute atomic E-state index is 0.195. The third-order valence-corrected chi connectivity index (χ3v) is 6.85. The Morgan fingerprint density at radius 1 is 1.00 bits per heavy atom. The molecule has 174 valence electrons. The van der Waals surface area contributed by atoms with E-state index in [2.05, 4.69) is 54.2 Å². The van der Waals surface area contributed by atoms with Crippen molar-refractivity contribution in [2.24, 2.45) is 5.92 Å². The fourth-order valence-electron chi connectivity index (χ4n) is 3.89. The highest BCUT2D eigenvalue weighted by molar-refractivity contribution is 6.41. The molecule has 4 rings (SSSR count). The number of hydrogen-bond donors (Lipinski definition) is 0. The van der Waals surface area contributed by atoms with E-state index in [9.17, 15) is 4.79 Å². The minimum atomic E-state index is 0.195. The Hall–Kier alpha value is -2.40. The van der Waals surface area contributed by atoms with Crippen LogP contribution in [0.2, 0.25) is 10.0 Å². The number of amides is 1. The summed E-state index contributed by atoms with van der Waals surface area (Å²) in [4.78, 5) is 20.8. The lowest BCUT2D eigenvalue weighted by atomic mass is 9.93. The van der Waals surface area contributed by atoms with Crippen LogP contribution in [0.5, 0.6) is 0 Å². The second-order valence-electron chi connectivity index (χ2n) is 8.37. The first-order valence-corrected chi connectivity index (χ1v) is 12.1. The predicted molar refractivity (Wildman–Crippen MR) is 138 cm³/mol. The van der Waals surface area contributed by atoms with E-state index in [0.29, 0.717) is 28.4 Å². The van der Waals surface area contributed by atoms with Crippen LogP contribution in [0.4, 0.5) is 5.82 Å². The first-order valence-electron chi connectivity index (χ1n) is 11.3. The van der Waals surface area contributed by atoms with Gasteiger partial charge in [0.05, 0.1) is 10.0 Å². The van der Waals surface area contributed by atoms with E-state index in [1.807, 2.05) is 35.2 Å². The molecule has 0 aliphatic carbocycles. The maximum atomic E-state index is 12.2. The molecule has 0 spiro atoms. The minimum Gasteiger partial charge on any atom is -0.300 e. The van der Waals surface area contributed by atoms with Gasteiger partial charge >= 0.3 is 0 Å². The Kier molecular flexibility index (Phi) is 9.74. The quantitative estimate of drug-likeness (QED) is 0.382. The van der Waals surface area contributed by atoms with Gasteiger partial charge in [0.1, 0.15) is 5.82 Å². The molecule has 0 bridgehead atoms. The summed E-state index contributed by atoms with van der Waals surface area (Å²) in [6.45, 7) is 4.06. The number of anilines is 1. The molecule has 3 aromatic rings. The highest BCUT2D eigenvalue weighted by Gasteiger charge is 2.27. The lowest BCUT2D eigenvalue weighted by Crippen LogP contribution is -2.41. The molecule has 33 heavy (non-hydrogen) atoms. The number of pyridine rings is 1. The van der Waals surface area contributed by atoms with Crippen molar-refractivity contribution in [3.63, 3.8) is 0 Å². The zero-order chi connectivity index (χ0) is 23.6. The van der Waals surface area contributed by atoms with Crippen LogP contribution >= 0.6 is 23.2 Å². The summed E-state index contributed by atoms with van der Waals surface area (Å²) in [6, 6.07) is 23.9. The van der Waals surface area contributed by atoms with Gasteiger partial charge in [-0.2, -0.15) is 0 Å². The number of piperidine rings is 1. The van der Waals surface area contributed by atoms with Crippen molar-refractivity contribution in [3.05, 3.63) is 94.6 Å². The number of benzene rings is 2. The van der Waals surface area contributed by atoms with Gasteiger partial charge in [-0.05, 0) is 69.1 Å². The van der Waals surface area contributed by atoms with Crippen molar-refractivity contribution in [2.45, 2.75) is 32.2 Å². The molecule has 1 amide bonds. The molecule has 1 aromatic heterocycles. The van der Waals surface area contributed by atoms with E-state index < -0.39 is 0 Å². The second-order valence-corrected chi connectivity index (χ2v) is 9.18. The topological polar surface area (TPSA) is 36.4 Å². The molecule has 2 heterocycles. The standard InChI is InChI=1S/C21H27N3O.C6H4Cl2/c1-17(19-8-4-3-5-9-19)23(2)15-13-18-11-12-21(25)24(16-18)20-10-6-7-14-22-20;7-5-3-1-2-4-6(5)8/h3-10,14,17-18H,11-13,15-16H2,1-2H3;1-4H/t17-,18?;/m0./s1. The summed E-state index contributed by atoms with van der Waals surface area (Å²) in [5, 5.41) is 1.21. The maximum Gasteiger partial charge on any atom is 0.228 e. The van der Waals surface area contributed by atoms with Crippen LogP contribution in [0, 0.1) is 5.92 Å². The van der Waals surface area contributed by atoms with Crippen molar-refractivity contribution in [2.75, 3.05) is 25.0 Å². The van der Waals surface area contributed by atoms with Gasteiger partial charge in [-0.3, -0.25) is 14.6 Å². The maximum absolute atomic E-state index is 12.2. The summed E-state index contributed by atoms with van der Waals surface area (Å²) < 4.78 is 0. The molecule has 1 unspecified atom stereocenters. The van der Waals surface area contributed by atoms with E-state index in [-0.39, 0.29) is 5.91 Å². The summed E-state index contributed by atoms with van der Waals surface area (Å²) in [7, 11) is 2.18. The fourth-order valence-corrected chi connectivity index (χ4v) is 4.16. The predicted octanol–water partition coefficient (Wildman–Crippen LogP) is 6.90. The molecule has 2 aromatic carbocycles. The van der Waals surface area contributed by atoms with Crippen LogP contribution in [0.1, 0.15) is 37.8 Å². The number of halogens is 2. The molecule has 2 atom stereocenters. The highest BCUT2D eigenvalue weighted by Crippen LogP contribution is 2.26. The summed E-state index contributed by atoms with van der Waals surface area (Å²) in [6.07, 6.45) is 4.46. The molecular formula is C27H31Cl2N3O. The van der Waals surface area contributed by atoms with Crippen molar-refractivity contribution in [1.29, 1.82) is 0 Å². The van der Waals surface area contributed by atoms with Crippen LogP contribution in [0.3, 0.4) is 0 Å². The Bertz CT molecular complexity index is 980. The van der Waals surface area contributed by atoms with Gasteiger partial charge in [0.2, 0.25) is 5.91 Å². The van der Waals surface area contributed by atoms with Gasteiger partial charge in [-0.1, -0.05) is 71.7 Å². The largest absolute Gasteiger partial charge is 0.300 e. The number of aromatic nitrogens is 1. The first kappa shape index (κ1) is 25.2.